The minimum Gasteiger partial charge on any atom is -0.437 e. The van der Waals surface area contributed by atoms with E-state index in [1.807, 2.05) is 30.3 Å². The second-order valence-corrected chi connectivity index (χ2v) is 4.11. The van der Waals surface area contributed by atoms with E-state index in [-0.39, 0.29) is 11.9 Å². The molecular formula is C14H15NO3. The number of nitrogens with zero attached hydrogens (tertiary/aromatic N) is 1. The second-order valence-electron chi connectivity index (χ2n) is 4.11. The van der Waals surface area contributed by atoms with E-state index in [4.69, 9.17) is 4.74 Å². The summed E-state index contributed by atoms with van der Waals surface area (Å²) in [6, 6.07) is 9.46. The maximum atomic E-state index is 11.7. The number of hydrogen-bond donors (Lipinski definition) is 0. The van der Waals surface area contributed by atoms with Crippen LogP contribution in [0.2, 0.25) is 0 Å². The van der Waals surface area contributed by atoms with E-state index >= 15 is 0 Å². The third-order valence-electron chi connectivity index (χ3n) is 2.88. The van der Waals surface area contributed by atoms with E-state index in [1.165, 1.54) is 11.0 Å². The quantitative estimate of drug-likeness (QED) is 0.763. The van der Waals surface area contributed by atoms with Crippen LogP contribution in [0.15, 0.2) is 36.4 Å². The number of esters is 1. The normalized spacial score (nSPS) is 18.8. The Hall–Kier alpha value is -2.10. The molecule has 0 N–H and O–H groups in total. The van der Waals surface area contributed by atoms with Gasteiger partial charge in [-0.3, -0.25) is 9.59 Å². The van der Waals surface area contributed by atoms with Gasteiger partial charge in [-0.05, 0) is 5.56 Å². The topological polar surface area (TPSA) is 46.6 Å². The number of likely N-dealkylation sites (N-methyl/N-ethyl adjacent to an activating group) is 1. The van der Waals surface area contributed by atoms with Crippen LogP contribution >= 0.6 is 0 Å². The van der Waals surface area contributed by atoms with Gasteiger partial charge in [0.25, 0.3) is 0 Å². The third-order valence-corrected chi connectivity index (χ3v) is 2.88. The first kappa shape index (κ1) is 12.4. The van der Waals surface area contributed by atoms with Crippen LogP contribution in [0.25, 0.3) is 5.57 Å². The first-order chi connectivity index (χ1) is 8.63. The molecule has 1 aliphatic rings. The van der Waals surface area contributed by atoms with Gasteiger partial charge in [-0.2, -0.15) is 0 Å². The molecule has 0 bridgehead atoms. The van der Waals surface area contributed by atoms with Gasteiger partial charge in [-0.1, -0.05) is 37.3 Å². The van der Waals surface area contributed by atoms with Crippen molar-refractivity contribution in [1.82, 2.24) is 4.90 Å². The number of hydrogen-bond acceptors (Lipinski definition) is 3. The lowest BCUT2D eigenvalue weighted by atomic mass is 10.1. The second kappa shape index (κ2) is 5.04. The van der Waals surface area contributed by atoms with Crippen molar-refractivity contribution in [2.24, 2.45) is 0 Å². The van der Waals surface area contributed by atoms with Crippen LogP contribution in [0.4, 0.5) is 0 Å². The third kappa shape index (κ3) is 2.27. The van der Waals surface area contributed by atoms with E-state index in [9.17, 15) is 9.59 Å². The average molecular weight is 245 g/mol. The van der Waals surface area contributed by atoms with Gasteiger partial charge in [0.2, 0.25) is 12.1 Å². The molecule has 1 atom stereocenters. The van der Waals surface area contributed by atoms with Crippen molar-refractivity contribution in [3.8, 4) is 0 Å². The van der Waals surface area contributed by atoms with Gasteiger partial charge in [0.1, 0.15) is 0 Å². The Balaban J connectivity index is 2.29. The highest BCUT2D eigenvalue weighted by molar-refractivity contribution is 6.01. The Bertz CT molecular complexity index is 493. The molecule has 1 aromatic rings. The van der Waals surface area contributed by atoms with E-state index in [1.54, 1.807) is 14.0 Å². The van der Waals surface area contributed by atoms with Gasteiger partial charge in [0, 0.05) is 25.1 Å². The largest absolute Gasteiger partial charge is 0.437 e. The zero-order valence-electron chi connectivity index (χ0n) is 10.4. The van der Waals surface area contributed by atoms with Crippen molar-refractivity contribution in [3.05, 3.63) is 42.0 Å². The molecule has 0 saturated carbocycles. The summed E-state index contributed by atoms with van der Waals surface area (Å²) in [5.41, 5.74) is 1.62. The molecule has 4 nitrogen and oxygen atoms in total. The van der Waals surface area contributed by atoms with Crippen LogP contribution in [0.5, 0.6) is 0 Å². The molecule has 0 saturated heterocycles. The molecule has 0 fully saturated rings. The summed E-state index contributed by atoms with van der Waals surface area (Å²) in [5, 5.41) is 0. The molecule has 0 radical (unpaired) electrons. The maximum absolute atomic E-state index is 11.7. The summed E-state index contributed by atoms with van der Waals surface area (Å²) >= 11 is 0. The first-order valence-corrected chi connectivity index (χ1v) is 5.86. The van der Waals surface area contributed by atoms with Crippen molar-refractivity contribution >= 4 is 17.4 Å². The summed E-state index contributed by atoms with van der Waals surface area (Å²) in [7, 11) is 1.63. The van der Waals surface area contributed by atoms with E-state index in [2.05, 4.69) is 0 Å². The minimum atomic E-state index is -0.618. The lowest BCUT2D eigenvalue weighted by Crippen LogP contribution is -2.34. The van der Waals surface area contributed by atoms with Crippen molar-refractivity contribution in [3.63, 3.8) is 0 Å². The number of benzene rings is 1. The van der Waals surface area contributed by atoms with Crippen LogP contribution in [-0.2, 0) is 14.3 Å². The molecule has 1 amide bonds. The lowest BCUT2D eigenvalue weighted by Gasteiger charge is -2.23. The molecule has 18 heavy (non-hydrogen) atoms. The molecule has 1 aliphatic heterocycles. The fourth-order valence-corrected chi connectivity index (χ4v) is 1.84. The van der Waals surface area contributed by atoms with Crippen LogP contribution in [-0.4, -0.2) is 30.1 Å². The van der Waals surface area contributed by atoms with Crippen molar-refractivity contribution in [2.75, 3.05) is 7.05 Å². The van der Waals surface area contributed by atoms with Gasteiger partial charge in [-0.15, -0.1) is 0 Å². The molecule has 1 aromatic carbocycles. The predicted molar refractivity (Wildman–Crippen MR) is 67.4 cm³/mol. The van der Waals surface area contributed by atoms with Gasteiger partial charge >= 0.3 is 5.97 Å². The zero-order chi connectivity index (χ0) is 13.1. The van der Waals surface area contributed by atoms with Crippen molar-refractivity contribution in [1.29, 1.82) is 0 Å². The average Bonchev–Trinajstić information content (AvgIpc) is 2.68. The van der Waals surface area contributed by atoms with Crippen LogP contribution in [0.1, 0.15) is 18.9 Å². The lowest BCUT2D eigenvalue weighted by molar-refractivity contribution is -0.154. The fourth-order valence-electron chi connectivity index (χ4n) is 1.84. The summed E-state index contributed by atoms with van der Waals surface area (Å²) in [6.45, 7) is 1.73. The SMILES string of the molecule is CCC(=O)OC1C(c2ccccc2)=CC(=O)N1C. The molecule has 2 rings (SSSR count). The smallest absolute Gasteiger partial charge is 0.307 e. The van der Waals surface area contributed by atoms with Gasteiger partial charge in [0.15, 0.2) is 0 Å². The number of rotatable bonds is 3. The zero-order valence-corrected chi connectivity index (χ0v) is 10.4. The van der Waals surface area contributed by atoms with Gasteiger partial charge in [0.05, 0.1) is 0 Å². The minimum absolute atomic E-state index is 0.150. The molecule has 0 aromatic heterocycles. The Morgan fingerprint density at radius 2 is 2.00 bits per heavy atom. The number of carbonyl (C=O) groups excluding carboxylic acids is 2. The number of carbonyl (C=O) groups is 2. The summed E-state index contributed by atoms with van der Waals surface area (Å²) in [6.07, 6.45) is 1.19. The Morgan fingerprint density at radius 1 is 1.33 bits per heavy atom. The number of amides is 1. The highest BCUT2D eigenvalue weighted by Crippen LogP contribution is 2.28. The van der Waals surface area contributed by atoms with Gasteiger partial charge in [-0.25, -0.2) is 0 Å². The van der Waals surface area contributed by atoms with Crippen LogP contribution < -0.4 is 0 Å². The molecule has 0 spiro atoms. The highest BCUT2D eigenvalue weighted by Gasteiger charge is 2.33. The molecule has 1 heterocycles. The van der Waals surface area contributed by atoms with E-state index in [0.29, 0.717) is 6.42 Å². The molecule has 4 heteroatoms. The monoisotopic (exact) mass is 245 g/mol. The van der Waals surface area contributed by atoms with E-state index < -0.39 is 6.23 Å². The maximum Gasteiger partial charge on any atom is 0.307 e. The fraction of sp³-hybridized carbons (Fsp3) is 0.286. The first-order valence-electron chi connectivity index (χ1n) is 5.86. The summed E-state index contributed by atoms with van der Waals surface area (Å²) < 4.78 is 5.31. The highest BCUT2D eigenvalue weighted by atomic mass is 16.6. The van der Waals surface area contributed by atoms with Crippen molar-refractivity contribution in [2.45, 2.75) is 19.6 Å². The predicted octanol–water partition coefficient (Wildman–Crippen LogP) is 1.82. The van der Waals surface area contributed by atoms with Gasteiger partial charge < -0.3 is 9.64 Å². The molecule has 94 valence electrons. The van der Waals surface area contributed by atoms with Crippen LogP contribution in [0.3, 0.4) is 0 Å². The Kier molecular flexibility index (Phi) is 3.46. The van der Waals surface area contributed by atoms with E-state index in [0.717, 1.165) is 11.1 Å². The van der Waals surface area contributed by atoms with Crippen LogP contribution in [0, 0.1) is 0 Å². The molecule has 1 unspecified atom stereocenters. The number of ether oxygens (including phenoxy) is 1. The molecular weight excluding hydrogens is 230 g/mol. The molecule has 0 aliphatic carbocycles. The Morgan fingerprint density at radius 3 is 2.61 bits per heavy atom. The summed E-state index contributed by atoms with van der Waals surface area (Å²) in [4.78, 5) is 24.5. The standard InChI is InChI=1S/C14H15NO3/c1-3-13(17)18-14-11(9-12(16)15(14)2)10-7-5-4-6-8-10/h4-9,14H,3H2,1-2H3. The Labute approximate surface area is 106 Å². The van der Waals surface area contributed by atoms with Crippen molar-refractivity contribution < 1.29 is 14.3 Å². The summed E-state index contributed by atoms with van der Waals surface area (Å²) in [5.74, 6) is -0.467.